The van der Waals surface area contributed by atoms with Gasteiger partial charge in [0, 0.05) is 31.6 Å². The molecule has 0 unspecified atom stereocenters. The number of rotatable bonds is 4. The maximum absolute atomic E-state index is 13.7. The monoisotopic (exact) mass is 407 g/mol. The Balaban J connectivity index is 1.87. The maximum atomic E-state index is 13.7. The van der Waals surface area contributed by atoms with E-state index in [0.29, 0.717) is 25.2 Å². The van der Waals surface area contributed by atoms with E-state index in [2.05, 4.69) is 0 Å². The van der Waals surface area contributed by atoms with E-state index in [1.54, 1.807) is 12.1 Å². The van der Waals surface area contributed by atoms with Crippen LogP contribution in [0.1, 0.15) is 49.4 Å². The Kier molecular flexibility index (Phi) is 5.74. The number of nitrogens with zero attached hydrogens (tertiary/aromatic N) is 1. The number of anilines is 1. The summed E-state index contributed by atoms with van der Waals surface area (Å²) in [4.78, 5) is 14.1. The molecule has 0 bridgehead atoms. The molecule has 0 atom stereocenters. The molecule has 29 heavy (non-hydrogen) atoms. The van der Waals surface area contributed by atoms with Crippen LogP contribution in [0.4, 0.5) is 23.2 Å². The van der Waals surface area contributed by atoms with Crippen LogP contribution >= 0.6 is 0 Å². The van der Waals surface area contributed by atoms with Gasteiger partial charge in [0.05, 0.1) is 5.56 Å². The molecule has 0 aliphatic carbocycles. The molecule has 1 aliphatic rings. The highest BCUT2D eigenvalue weighted by atomic mass is 19.4. The van der Waals surface area contributed by atoms with E-state index in [9.17, 15) is 22.4 Å². The van der Waals surface area contributed by atoms with Crippen molar-refractivity contribution in [2.45, 2.75) is 52.8 Å². The molecule has 1 heterocycles. The van der Waals surface area contributed by atoms with Crippen LogP contribution in [0.5, 0.6) is 0 Å². The van der Waals surface area contributed by atoms with E-state index in [1.165, 1.54) is 18.2 Å². The predicted octanol–water partition coefficient (Wildman–Crippen LogP) is 5.96. The molecule has 0 amide bonds. The molecule has 1 aliphatic heterocycles. The Morgan fingerprint density at radius 1 is 1.03 bits per heavy atom. The van der Waals surface area contributed by atoms with Gasteiger partial charge in [-0.3, -0.25) is 4.79 Å². The van der Waals surface area contributed by atoms with Crippen molar-refractivity contribution in [1.82, 2.24) is 0 Å². The van der Waals surface area contributed by atoms with Gasteiger partial charge in [0.1, 0.15) is 11.6 Å². The molecule has 0 spiro atoms. The van der Waals surface area contributed by atoms with Crippen LogP contribution in [-0.2, 0) is 30.4 Å². The van der Waals surface area contributed by atoms with Crippen molar-refractivity contribution in [1.29, 1.82) is 0 Å². The topological polar surface area (TPSA) is 20.3 Å². The lowest BCUT2D eigenvalue weighted by molar-refractivity contribution is -0.138. The van der Waals surface area contributed by atoms with E-state index in [4.69, 9.17) is 0 Å². The summed E-state index contributed by atoms with van der Waals surface area (Å²) in [6.07, 6.45) is -3.92. The lowest BCUT2D eigenvalue weighted by Crippen LogP contribution is -2.30. The van der Waals surface area contributed by atoms with Gasteiger partial charge in [0.25, 0.3) is 0 Å². The van der Waals surface area contributed by atoms with Crippen LogP contribution in [0, 0.1) is 11.2 Å². The van der Waals surface area contributed by atoms with E-state index in [-0.39, 0.29) is 35.4 Å². The number of alkyl halides is 3. The lowest BCUT2D eigenvalue weighted by Gasteiger charge is -2.31. The molecule has 0 radical (unpaired) electrons. The van der Waals surface area contributed by atoms with Crippen molar-refractivity contribution < 1.29 is 22.4 Å². The fraction of sp³-hybridized carbons (Fsp3) is 0.435. The van der Waals surface area contributed by atoms with Gasteiger partial charge in [-0.15, -0.1) is 0 Å². The summed E-state index contributed by atoms with van der Waals surface area (Å²) in [5.74, 6) is -0.563. The number of Topliss-reactive ketones (excluding diaryl/α,β-unsaturated/α-hetero) is 1. The number of ketones is 1. The van der Waals surface area contributed by atoms with Crippen molar-refractivity contribution in [2.24, 2.45) is 5.41 Å². The Morgan fingerprint density at radius 2 is 1.76 bits per heavy atom. The fourth-order valence-electron chi connectivity index (χ4n) is 3.79. The molecule has 0 saturated heterocycles. The molecule has 6 heteroatoms. The van der Waals surface area contributed by atoms with Gasteiger partial charge >= 0.3 is 6.18 Å². The van der Waals surface area contributed by atoms with E-state index in [0.717, 1.165) is 17.2 Å². The summed E-state index contributed by atoms with van der Waals surface area (Å²) in [6, 6.07) is 8.71. The molecule has 2 aromatic carbocycles. The van der Waals surface area contributed by atoms with Crippen molar-refractivity contribution in [3.05, 3.63) is 64.5 Å². The van der Waals surface area contributed by atoms with Gasteiger partial charge in [0.15, 0.2) is 0 Å². The van der Waals surface area contributed by atoms with E-state index in [1.807, 2.05) is 25.7 Å². The first-order valence-electron chi connectivity index (χ1n) is 9.66. The van der Waals surface area contributed by atoms with Crippen molar-refractivity contribution in [3.8, 4) is 0 Å². The van der Waals surface area contributed by atoms with Crippen LogP contribution in [0.3, 0.4) is 0 Å². The van der Waals surface area contributed by atoms with Crippen LogP contribution in [0.2, 0.25) is 0 Å². The van der Waals surface area contributed by atoms with Crippen molar-refractivity contribution >= 4 is 11.5 Å². The van der Waals surface area contributed by atoms with Gasteiger partial charge in [-0.2, -0.15) is 13.2 Å². The number of carbonyl (C=O) groups excluding carboxylic acids is 1. The van der Waals surface area contributed by atoms with E-state index < -0.39 is 11.7 Å². The third-order valence-electron chi connectivity index (χ3n) is 5.06. The number of hydrogen-bond acceptors (Lipinski definition) is 2. The molecule has 0 N–H and O–H groups in total. The van der Waals surface area contributed by atoms with Crippen LogP contribution in [-0.4, -0.2) is 12.3 Å². The standard InChI is InChI=1S/C23H25F4NO/c1-22(2,3)13-20(29)11-16-5-7-19(12-21(16)23(25,26)27)28-9-8-15-4-6-18(24)10-17(15)14-28/h4-7,10,12H,8-9,11,13-14H2,1-3H3. The highest BCUT2D eigenvalue weighted by Gasteiger charge is 2.35. The molecule has 0 aromatic heterocycles. The molecule has 156 valence electrons. The molecule has 2 nitrogen and oxygen atoms in total. The summed E-state index contributed by atoms with van der Waals surface area (Å²) in [6.45, 7) is 6.56. The molecule has 0 fully saturated rings. The third kappa shape index (κ3) is 5.37. The number of fused-ring (bicyclic) bond motifs is 1. The van der Waals surface area contributed by atoms with Gasteiger partial charge in [-0.05, 0) is 52.8 Å². The van der Waals surface area contributed by atoms with Crippen molar-refractivity contribution in [2.75, 3.05) is 11.4 Å². The SMILES string of the molecule is CC(C)(C)CC(=O)Cc1ccc(N2CCc3ccc(F)cc3C2)cc1C(F)(F)F. The summed E-state index contributed by atoms with van der Waals surface area (Å²) in [5.41, 5.74) is 1.18. The van der Waals surface area contributed by atoms with Crippen LogP contribution < -0.4 is 4.90 Å². The predicted molar refractivity (Wildman–Crippen MR) is 105 cm³/mol. The zero-order chi connectivity index (χ0) is 21.4. The largest absolute Gasteiger partial charge is 0.416 e. The highest BCUT2D eigenvalue weighted by molar-refractivity contribution is 5.82. The third-order valence-corrected chi connectivity index (χ3v) is 5.06. The quantitative estimate of drug-likeness (QED) is 0.584. The van der Waals surface area contributed by atoms with Crippen molar-refractivity contribution in [3.63, 3.8) is 0 Å². The van der Waals surface area contributed by atoms with E-state index >= 15 is 0 Å². The van der Waals surface area contributed by atoms with Gasteiger partial charge in [-0.1, -0.05) is 32.9 Å². The van der Waals surface area contributed by atoms with Gasteiger partial charge < -0.3 is 4.90 Å². The average molecular weight is 407 g/mol. The summed E-state index contributed by atoms with van der Waals surface area (Å²) in [7, 11) is 0. The first-order chi connectivity index (χ1) is 13.4. The zero-order valence-corrected chi connectivity index (χ0v) is 16.9. The lowest BCUT2D eigenvalue weighted by atomic mass is 9.87. The molecule has 0 saturated carbocycles. The normalized spacial score (nSPS) is 14.7. The second-order valence-corrected chi connectivity index (χ2v) is 8.88. The Hall–Kier alpha value is -2.37. The smallest absolute Gasteiger partial charge is 0.367 e. The minimum Gasteiger partial charge on any atom is -0.367 e. The summed E-state index contributed by atoms with van der Waals surface area (Å²) in [5, 5.41) is 0. The molecular weight excluding hydrogens is 382 g/mol. The number of benzene rings is 2. The fourth-order valence-corrected chi connectivity index (χ4v) is 3.79. The minimum atomic E-state index is -4.55. The molecule has 2 aromatic rings. The van der Waals surface area contributed by atoms with Crippen LogP contribution in [0.25, 0.3) is 0 Å². The highest BCUT2D eigenvalue weighted by Crippen LogP contribution is 2.36. The molecular formula is C23H25F4NO. The van der Waals surface area contributed by atoms with Gasteiger partial charge in [0.2, 0.25) is 0 Å². The Morgan fingerprint density at radius 3 is 2.41 bits per heavy atom. The first-order valence-corrected chi connectivity index (χ1v) is 9.66. The number of halogens is 4. The van der Waals surface area contributed by atoms with Crippen LogP contribution in [0.15, 0.2) is 36.4 Å². The first kappa shape index (κ1) is 21.3. The Labute approximate surface area is 168 Å². The minimum absolute atomic E-state index is 0.000968. The maximum Gasteiger partial charge on any atom is 0.416 e. The average Bonchev–Trinajstić information content (AvgIpc) is 2.58. The number of carbonyl (C=O) groups is 1. The summed E-state index contributed by atoms with van der Waals surface area (Å²) >= 11 is 0. The molecule has 3 rings (SSSR count). The Bertz CT molecular complexity index is 912. The number of hydrogen-bond donors (Lipinski definition) is 0. The second-order valence-electron chi connectivity index (χ2n) is 8.88. The van der Waals surface area contributed by atoms with Gasteiger partial charge in [-0.25, -0.2) is 4.39 Å². The summed E-state index contributed by atoms with van der Waals surface area (Å²) < 4.78 is 54.6. The zero-order valence-electron chi connectivity index (χ0n) is 16.9. The second kappa shape index (κ2) is 7.81.